The van der Waals surface area contributed by atoms with Gasteiger partial charge in [0.2, 0.25) is 0 Å². The van der Waals surface area contributed by atoms with Crippen molar-refractivity contribution < 1.29 is 4.74 Å². The SMILES string of the molecule is CCCNC(c1ccc(OC2CC2)cc1)C1CC1. The van der Waals surface area contributed by atoms with Crippen molar-refractivity contribution in [2.45, 2.75) is 51.2 Å². The summed E-state index contributed by atoms with van der Waals surface area (Å²) in [7, 11) is 0. The predicted molar refractivity (Wildman–Crippen MR) is 73.9 cm³/mol. The van der Waals surface area contributed by atoms with Gasteiger partial charge in [-0.2, -0.15) is 0 Å². The highest BCUT2D eigenvalue weighted by molar-refractivity contribution is 5.30. The van der Waals surface area contributed by atoms with Crippen LogP contribution in [0.1, 0.15) is 50.6 Å². The Balaban J connectivity index is 1.64. The lowest BCUT2D eigenvalue weighted by molar-refractivity contribution is 0.303. The quantitative estimate of drug-likeness (QED) is 0.791. The van der Waals surface area contributed by atoms with Crippen LogP contribution in [0.4, 0.5) is 0 Å². The molecule has 0 heterocycles. The summed E-state index contributed by atoms with van der Waals surface area (Å²) in [5, 5.41) is 3.68. The molecule has 98 valence electrons. The first-order chi connectivity index (χ1) is 8.86. The fraction of sp³-hybridized carbons (Fsp3) is 0.625. The number of rotatable bonds is 7. The van der Waals surface area contributed by atoms with Crippen LogP contribution in [0.3, 0.4) is 0 Å². The van der Waals surface area contributed by atoms with E-state index in [0.29, 0.717) is 12.1 Å². The molecule has 2 nitrogen and oxygen atoms in total. The summed E-state index contributed by atoms with van der Waals surface area (Å²) >= 11 is 0. The number of hydrogen-bond acceptors (Lipinski definition) is 2. The maximum Gasteiger partial charge on any atom is 0.119 e. The number of ether oxygens (including phenoxy) is 1. The second-order valence-electron chi connectivity index (χ2n) is 5.66. The lowest BCUT2D eigenvalue weighted by atomic mass is 10.0. The van der Waals surface area contributed by atoms with Gasteiger partial charge in [-0.05, 0) is 62.3 Å². The lowest BCUT2D eigenvalue weighted by Gasteiger charge is -2.18. The Morgan fingerprint density at radius 3 is 2.44 bits per heavy atom. The van der Waals surface area contributed by atoms with Gasteiger partial charge in [0.1, 0.15) is 5.75 Å². The second-order valence-corrected chi connectivity index (χ2v) is 5.66. The molecule has 0 amide bonds. The van der Waals surface area contributed by atoms with Gasteiger partial charge in [-0.25, -0.2) is 0 Å². The number of nitrogens with one attached hydrogen (secondary N) is 1. The van der Waals surface area contributed by atoms with E-state index in [-0.39, 0.29) is 0 Å². The molecule has 1 aromatic rings. The second kappa shape index (κ2) is 5.31. The van der Waals surface area contributed by atoms with Crippen LogP contribution in [0.25, 0.3) is 0 Å². The van der Waals surface area contributed by atoms with Gasteiger partial charge in [0.15, 0.2) is 0 Å². The highest BCUT2D eigenvalue weighted by Crippen LogP contribution is 2.41. The van der Waals surface area contributed by atoms with E-state index in [1.54, 1.807) is 0 Å². The molecule has 1 aromatic carbocycles. The van der Waals surface area contributed by atoms with Gasteiger partial charge in [-0.3, -0.25) is 0 Å². The molecular weight excluding hydrogens is 222 g/mol. The molecule has 2 heteroatoms. The Labute approximate surface area is 110 Å². The summed E-state index contributed by atoms with van der Waals surface area (Å²) in [6.07, 6.45) is 6.90. The van der Waals surface area contributed by atoms with Crippen LogP contribution < -0.4 is 10.1 Å². The molecule has 0 aliphatic heterocycles. The molecule has 1 N–H and O–H groups in total. The van der Waals surface area contributed by atoms with Crippen molar-refractivity contribution in [2.24, 2.45) is 5.92 Å². The number of benzene rings is 1. The highest BCUT2D eigenvalue weighted by Gasteiger charge is 2.31. The Hall–Kier alpha value is -1.02. The first-order valence-electron chi connectivity index (χ1n) is 7.37. The number of hydrogen-bond donors (Lipinski definition) is 1. The van der Waals surface area contributed by atoms with Gasteiger partial charge in [0, 0.05) is 6.04 Å². The minimum Gasteiger partial charge on any atom is -0.490 e. The fourth-order valence-electron chi connectivity index (χ4n) is 2.42. The van der Waals surface area contributed by atoms with Crippen LogP contribution in [-0.4, -0.2) is 12.6 Å². The summed E-state index contributed by atoms with van der Waals surface area (Å²) in [4.78, 5) is 0. The fourth-order valence-corrected chi connectivity index (χ4v) is 2.42. The highest BCUT2D eigenvalue weighted by atomic mass is 16.5. The van der Waals surface area contributed by atoms with Crippen LogP contribution in [0, 0.1) is 5.92 Å². The first-order valence-corrected chi connectivity index (χ1v) is 7.37. The molecular formula is C16H23NO. The molecule has 2 saturated carbocycles. The van der Waals surface area contributed by atoms with E-state index >= 15 is 0 Å². The van der Waals surface area contributed by atoms with Crippen LogP contribution in [0.5, 0.6) is 5.75 Å². The van der Waals surface area contributed by atoms with Gasteiger partial charge in [0.05, 0.1) is 6.10 Å². The van der Waals surface area contributed by atoms with E-state index in [4.69, 9.17) is 4.74 Å². The molecule has 2 aliphatic rings. The molecule has 1 atom stereocenters. The average Bonchev–Trinajstić information content (AvgIpc) is 3.25. The monoisotopic (exact) mass is 245 g/mol. The van der Waals surface area contributed by atoms with E-state index in [2.05, 4.69) is 36.5 Å². The molecule has 0 spiro atoms. The van der Waals surface area contributed by atoms with Crippen LogP contribution in [0.2, 0.25) is 0 Å². The molecule has 0 radical (unpaired) electrons. The zero-order valence-corrected chi connectivity index (χ0v) is 11.2. The molecule has 18 heavy (non-hydrogen) atoms. The Kier molecular flexibility index (Phi) is 3.55. The summed E-state index contributed by atoms with van der Waals surface area (Å²) in [5.41, 5.74) is 1.43. The minimum absolute atomic E-state index is 0.494. The third-order valence-corrected chi connectivity index (χ3v) is 3.77. The minimum atomic E-state index is 0.494. The van der Waals surface area contributed by atoms with Crippen molar-refractivity contribution in [2.75, 3.05) is 6.54 Å². The van der Waals surface area contributed by atoms with Gasteiger partial charge >= 0.3 is 0 Å². The summed E-state index contributed by atoms with van der Waals surface area (Å²) in [5.74, 6) is 1.89. The van der Waals surface area contributed by atoms with Gasteiger partial charge in [0.25, 0.3) is 0 Å². The Morgan fingerprint density at radius 2 is 1.89 bits per heavy atom. The molecule has 0 saturated heterocycles. The van der Waals surface area contributed by atoms with Crippen molar-refractivity contribution in [3.8, 4) is 5.75 Å². The van der Waals surface area contributed by atoms with Crippen LogP contribution >= 0.6 is 0 Å². The summed E-state index contributed by atoms with van der Waals surface area (Å²) < 4.78 is 5.80. The lowest BCUT2D eigenvalue weighted by Crippen LogP contribution is -2.23. The summed E-state index contributed by atoms with van der Waals surface area (Å²) in [6, 6.07) is 9.31. The van der Waals surface area contributed by atoms with Crippen molar-refractivity contribution in [3.63, 3.8) is 0 Å². The zero-order chi connectivity index (χ0) is 12.4. The van der Waals surface area contributed by atoms with Crippen molar-refractivity contribution in [1.82, 2.24) is 5.32 Å². The topological polar surface area (TPSA) is 21.3 Å². The van der Waals surface area contributed by atoms with E-state index in [0.717, 1.165) is 18.2 Å². The third kappa shape index (κ3) is 3.05. The van der Waals surface area contributed by atoms with E-state index in [1.807, 2.05) is 0 Å². The molecule has 0 bridgehead atoms. The molecule has 3 rings (SSSR count). The van der Waals surface area contributed by atoms with E-state index in [1.165, 1.54) is 37.7 Å². The first kappa shape index (κ1) is 12.0. The molecule has 2 aliphatic carbocycles. The smallest absolute Gasteiger partial charge is 0.119 e. The van der Waals surface area contributed by atoms with Crippen LogP contribution in [-0.2, 0) is 0 Å². The van der Waals surface area contributed by atoms with Crippen molar-refractivity contribution in [3.05, 3.63) is 29.8 Å². The maximum absolute atomic E-state index is 5.80. The maximum atomic E-state index is 5.80. The van der Waals surface area contributed by atoms with E-state index < -0.39 is 0 Å². The van der Waals surface area contributed by atoms with Gasteiger partial charge < -0.3 is 10.1 Å². The van der Waals surface area contributed by atoms with Gasteiger partial charge in [-0.15, -0.1) is 0 Å². The third-order valence-electron chi connectivity index (χ3n) is 3.77. The van der Waals surface area contributed by atoms with Crippen molar-refractivity contribution >= 4 is 0 Å². The molecule has 1 unspecified atom stereocenters. The normalized spacial score (nSPS) is 20.7. The van der Waals surface area contributed by atoms with Gasteiger partial charge in [-0.1, -0.05) is 19.1 Å². The Morgan fingerprint density at radius 1 is 1.17 bits per heavy atom. The largest absolute Gasteiger partial charge is 0.490 e. The van der Waals surface area contributed by atoms with E-state index in [9.17, 15) is 0 Å². The molecule has 2 fully saturated rings. The van der Waals surface area contributed by atoms with Crippen LogP contribution in [0.15, 0.2) is 24.3 Å². The zero-order valence-electron chi connectivity index (χ0n) is 11.2. The average molecular weight is 245 g/mol. The molecule has 0 aromatic heterocycles. The Bertz CT molecular complexity index is 379. The predicted octanol–water partition coefficient (Wildman–Crippen LogP) is 3.68. The standard InChI is InChI=1S/C16H23NO/c1-2-11-17-16(12-3-4-12)13-5-7-14(8-6-13)18-15-9-10-15/h5-8,12,15-17H,2-4,9-11H2,1H3. The summed E-state index contributed by atoms with van der Waals surface area (Å²) in [6.45, 7) is 3.34. The van der Waals surface area contributed by atoms with Crippen molar-refractivity contribution in [1.29, 1.82) is 0 Å².